The summed E-state index contributed by atoms with van der Waals surface area (Å²) >= 11 is 3.33. The smallest absolute Gasteiger partial charge is 0.236 e. The molecule has 21 heavy (non-hydrogen) atoms. The van der Waals surface area contributed by atoms with E-state index in [4.69, 9.17) is 0 Å². The molecule has 0 aromatic carbocycles. The Balaban J connectivity index is 1.73. The van der Waals surface area contributed by atoms with Crippen LogP contribution in [0, 0.1) is 5.92 Å². The minimum Gasteiger partial charge on any atom is -0.340 e. The number of carbonyl (C=O) groups excluding carboxylic acids is 1. The van der Waals surface area contributed by atoms with E-state index >= 15 is 0 Å². The Morgan fingerprint density at radius 2 is 2.38 bits per heavy atom. The van der Waals surface area contributed by atoms with Gasteiger partial charge in [0.15, 0.2) is 5.16 Å². The number of aromatic nitrogens is 2. The van der Waals surface area contributed by atoms with Crippen molar-refractivity contribution in [3.8, 4) is 0 Å². The van der Waals surface area contributed by atoms with E-state index in [0.717, 1.165) is 24.7 Å². The fourth-order valence-electron chi connectivity index (χ4n) is 2.52. The lowest BCUT2D eigenvalue weighted by Crippen LogP contribution is -2.42. The average molecular weight is 321 g/mol. The van der Waals surface area contributed by atoms with Crippen LogP contribution in [0.3, 0.4) is 0 Å². The van der Waals surface area contributed by atoms with Crippen molar-refractivity contribution in [2.24, 2.45) is 5.92 Å². The maximum Gasteiger partial charge on any atom is 0.236 e. The summed E-state index contributed by atoms with van der Waals surface area (Å²) in [4.78, 5) is 23.6. The zero-order valence-corrected chi connectivity index (χ0v) is 13.8. The van der Waals surface area contributed by atoms with Gasteiger partial charge in [-0.15, -0.1) is 11.3 Å². The number of hydrogen-bond donors (Lipinski definition) is 1. The predicted octanol–water partition coefficient (Wildman–Crippen LogP) is 3.17. The monoisotopic (exact) mass is 321 g/mol. The van der Waals surface area contributed by atoms with Crippen LogP contribution >= 0.6 is 23.1 Å². The molecule has 1 amide bonds. The van der Waals surface area contributed by atoms with Crippen LogP contribution in [0.25, 0.3) is 0 Å². The molecule has 2 aromatic heterocycles. The molecule has 6 heteroatoms. The molecular formula is C15H19N3OS2. The highest BCUT2D eigenvalue weighted by Gasteiger charge is 2.31. The molecular weight excluding hydrogens is 302 g/mol. The van der Waals surface area contributed by atoms with Crippen molar-refractivity contribution in [3.05, 3.63) is 34.3 Å². The first-order valence-electron chi connectivity index (χ1n) is 7.15. The Hall–Kier alpha value is -1.27. The summed E-state index contributed by atoms with van der Waals surface area (Å²) in [6, 6.07) is 2.14. The number of fused-ring (bicyclic) bond motifs is 1. The van der Waals surface area contributed by atoms with Gasteiger partial charge >= 0.3 is 0 Å². The molecule has 0 radical (unpaired) electrons. The summed E-state index contributed by atoms with van der Waals surface area (Å²) in [6.07, 6.45) is 4.50. The minimum atomic E-state index is -0.0867. The molecule has 1 aliphatic heterocycles. The Morgan fingerprint density at radius 3 is 3.10 bits per heavy atom. The summed E-state index contributed by atoms with van der Waals surface area (Å²) in [6.45, 7) is 5.77. The third-order valence-electron chi connectivity index (χ3n) is 3.68. The van der Waals surface area contributed by atoms with Gasteiger partial charge in [-0.2, -0.15) is 0 Å². The number of imidazole rings is 1. The first-order chi connectivity index (χ1) is 10.1. The SMILES string of the molecule is CC(C)C(Sc1ncc[nH]1)C(=O)N1CCc2sccc2C1. The zero-order chi connectivity index (χ0) is 14.8. The average Bonchev–Trinajstić information content (AvgIpc) is 3.14. The number of rotatable bonds is 4. The first kappa shape index (κ1) is 14.7. The normalized spacial score (nSPS) is 16.0. The molecule has 0 fully saturated rings. The van der Waals surface area contributed by atoms with E-state index in [1.165, 1.54) is 22.2 Å². The third kappa shape index (κ3) is 3.16. The highest BCUT2D eigenvalue weighted by Crippen LogP contribution is 2.30. The summed E-state index contributed by atoms with van der Waals surface area (Å²) < 4.78 is 0. The Kier molecular flexibility index (Phi) is 4.35. The number of thiophene rings is 1. The van der Waals surface area contributed by atoms with Crippen LogP contribution in [0.15, 0.2) is 29.0 Å². The lowest BCUT2D eigenvalue weighted by Gasteiger charge is -2.31. The van der Waals surface area contributed by atoms with Crippen LogP contribution in [-0.2, 0) is 17.8 Å². The molecule has 3 heterocycles. The molecule has 0 spiro atoms. The van der Waals surface area contributed by atoms with Crippen LogP contribution in [0.5, 0.6) is 0 Å². The molecule has 0 aliphatic carbocycles. The predicted molar refractivity (Wildman–Crippen MR) is 86.5 cm³/mol. The second-order valence-electron chi connectivity index (χ2n) is 5.56. The van der Waals surface area contributed by atoms with E-state index < -0.39 is 0 Å². The fourth-order valence-corrected chi connectivity index (χ4v) is 4.43. The van der Waals surface area contributed by atoms with Crippen molar-refractivity contribution in [2.45, 2.75) is 37.2 Å². The maximum atomic E-state index is 12.9. The van der Waals surface area contributed by atoms with Crippen molar-refractivity contribution >= 4 is 29.0 Å². The van der Waals surface area contributed by atoms with Crippen LogP contribution in [0.2, 0.25) is 0 Å². The topological polar surface area (TPSA) is 49.0 Å². The minimum absolute atomic E-state index is 0.0867. The van der Waals surface area contributed by atoms with Gasteiger partial charge in [0.25, 0.3) is 0 Å². The van der Waals surface area contributed by atoms with E-state index in [1.807, 2.05) is 4.90 Å². The van der Waals surface area contributed by atoms with Gasteiger partial charge in [-0.1, -0.05) is 25.6 Å². The molecule has 3 rings (SSSR count). The van der Waals surface area contributed by atoms with Crippen molar-refractivity contribution in [1.82, 2.24) is 14.9 Å². The number of hydrogen-bond acceptors (Lipinski definition) is 4. The van der Waals surface area contributed by atoms with Gasteiger partial charge in [0.05, 0.1) is 5.25 Å². The summed E-state index contributed by atoms with van der Waals surface area (Å²) in [5, 5.41) is 2.85. The van der Waals surface area contributed by atoms with Gasteiger partial charge in [-0.25, -0.2) is 4.98 Å². The van der Waals surface area contributed by atoms with E-state index in [1.54, 1.807) is 23.7 Å². The molecule has 1 unspecified atom stereocenters. The van der Waals surface area contributed by atoms with Crippen molar-refractivity contribution in [1.29, 1.82) is 0 Å². The molecule has 0 saturated heterocycles. The summed E-state index contributed by atoms with van der Waals surface area (Å²) in [7, 11) is 0. The van der Waals surface area contributed by atoms with Gasteiger partial charge in [0.2, 0.25) is 5.91 Å². The summed E-state index contributed by atoms with van der Waals surface area (Å²) in [5.74, 6) is 0.500. The lowest BCUT2D eigenvalue weighted by atomic mass is 10.1. The van der Waals surface area contributed by atoms with Crippen molar-refractivity contribution in [2.75, 3.05) is 6.54 Å². The van der Waals surface area contributed by atoms with E-state index in [2.05, 4.69) is 35.3 Å². The quantitative estimate of drug-likeness (QED) is 0.880. The fraction of sp³-hybridized carbons (Fsp3) is 0.467. The Bertz CT molecular complexity index is 606. The molecule has 0 bridgehead atoms. The molecule has 1 atom stereocenters. The number of aromatic amines is 1. The van der Waals surface area contributed by atoms with Crippen molar-refractivity contribution in [3.63, 3.8) is 0 Å². The maximum absolute atomic E-state index is 12.9. The largest absolute Gasteiger partial charge is 0.340 e. The number of thioether (sulfide) groups is 1. The van der Waals surface area contributed by atoms with Gasteiger partial charge in [-0.05, 0) is 29.3 Å². The molecule has 1 aliphatic rings. The number of nitrogens with one attached hydrogen (secondary N) is 1. The molecule has 112 valence electrons. The standard InChI is InChI=1S/C15H19N3OS2/c1-10(2)13(21-15-16-5-6-17-15)14(19)18-7-3-12-11(9-18)4-8-20-12/h4-6,8,10,13H,3,7,9H2,1-2H3,(H,16,17). The molecule has 1 N–H and O–H groups in total. The van der Waals surface area contributed by atoms with Crippen LogP contribution in [0.1, 0.15) is 24.3 Å². The Morgan fingerprint density at radius 1 is 1.52 bits per heavy atom. The first-order valence-corrected chi connectivity index (χ1v) is 8.91. The number of H-pyrrole nitrogens is 1. The van der Waals surface area contributed by atoms with Crippen LogP contribution < -0.4 is 0 Å². The van der Waals surface area contributed by atoms with Gasteiger partial charge < -0.3 is 9.88 Å². The second kappa shape index (κ2) is 6.23. The van der Waals surface area contributed by atoms with Gasteiger partial charge in [-0.3, -0.25) is 4.79 Å². The lowest BCUT2D eigenvalue weighted by molar-refractivity contribution is -0.132. The second-order valence-corrected chi connectivity index (χ2v) is 7.69. The van der Waals surface area contributed by atoms with Gasteiger partial charge in [0, 0.05) is 30.4 Å². The van der Waals surface area contributed by atoms with E-state index in [-0.39, 0.29) is 17.1 Å². The highest BCUT2D eigenvalue weighted by atomic mass is 32.2. The number of nitrogens with zero attached hydrogens (tertiary/aromatic N) is 2. The Labute approximate surface area is 133 Å². The van der Waals surface area contributed by atoms with Crippen LogP contribution in [0.4, 0.5) is 0 Å². The molecule has 4 nitrogen and oxygen atoms in total. The summed E-state index contributed by atoms with van der Waals surface area (Å²) in [5.41, 5.74) is 1.31. The molecule has 2 aromatic rings. The number of carbonyl (C=O) groups is 1. The van der Waals surface area contributed by atoms with E-state index in [9.17, 15) is 4.79 Å². The van der Waals surface area contributed by atoms with Crippen molar-refractivity contribution < 1.29 is 4.79 Å². The highest BCUT2D eigenvalue weighted by molar-refractivity contribution is 8.00. The zero-order valence-electron chi connectivity index (χ0n) is 12.2. The molecule has 0 saturated carbocycles. The number of amides is 1. The van der Waals surface area contributed by atoms with Gasteiger partial charge in [0.1, 0.15) is 0 Å². The van der Waals surface area contributed by atoms with Crippen LogP contribution in [-0.4, -0.2) is 32.6 Å². The van der Waals surface area contributed by atoms with E-state index in [0.29, 0.717) is 0 Å². The third-order valence-corrected chi connectivity index (χ3v) is 6.15.